The average Bonchev–Trinajstić information content (AvgIpc) is 2.53. The van der Waals surface area contributed by atoms with Crippen LogP contribution in [0.2, 0.25) is 0 Å². The maximum absolute atomic E-state index is 12.9. The maximum atomic E-state index is 12.9. The molecule has 0 aliphatic carbocycles. The van der Waals surface area contributed by atoms with Crippen LogP contribution in [0.5, 0.6) is 0 Å². The first-order valence-corrected chi connectivity index (χ1v) is 7.39. The van der Waals surface area contributed by atoms with Crippen molar-refractivity contribution in [2.75, 3.05) is 19.8 Å². The van der Waals surface area contributed by atoms with Crippen molar-refractivity contribution in [2.45, 2.75) is 27.2 Å². The molecule has 6 heteroatoms. The number of carbonyl (C=O) groups excluding carboxylic acids is 3. The zero-order chi connectivity index (χ0) is 19.3. The van der Waals surface area contributed by atoms with Crippen molar-refractivity contribution in [1.82, 2.24) is 0 Å². The van der Waals surface area contributed by atoms with Crippen molar-refractivity contribution in [1.29, 1.82) is 0 Å². The molecule has 6 nitrogen and oxygen atoms in total. The van der Waals surface area contributed by atoms with Gasteiger partial charge in [-0.3, -0.25) is 14.4 Å². The molecule has 0 heterocycles. The lowest BCUT2D eigenvalue weighted by atomic mass is 9.55. The van der Waals surface area contributed by atoms with Gasteiger partial charge in [0.25, 0.3) is 0 Å². The lowest BCUT2D eigenvalue weighted by Gasteiger charge is -2.45. The number of hydrogen-bond acceptors (Lipinski definition) is 6. The van der Waals surface area contributed by atoms with Crippen molar-refractivity contribution >= 4 is 17.3 Å². The van der Waals surface area contributed by atoms with Crippen LogP contribution in [-0.4, -0.2) is 52.5 Å². The smallest absolute Gasteiger partial charge is 0.173 e. The molecule has 0 aliphatic rings. The Morgan fingerprint density at radius 3 is 1.29 bits per heavy atom. The molecule has 0 aliphatic heterocycles. The summed E-state index contributed by atoms with van der Waals surface area (Å²) >= 11 is 0. The Bertz CT molecular complexity index is 546. The van der Waals surface area contributed by atoms with Crippen molar-refractivity contribution in [2.24, 2.45) is 10.8 Å². The van der Waals surface area contributed by atoms with E-state index < -0.39 is 54.4 Å². The Kier molecular flexibility index (Phi) is 7.63. The number of allylic oxidation sites excluding steroid dienone is 3. The standard InChI is InChI=1S/C18H26O6/c1-11(2)14(22)7-18(15(23)12(3)4,16(24)13(5)6)17(8-19,9-20)10-21/h19-21H,1,3,5,7-10H2,2,4,6H3. The van der Waals surface area contributed by atoms with Crippen molar-refractivity contribution in [3.63, 3.8) is 0 Å². The normalized spacial score (nSPS) is 11.8. The molecule has 0 unspecified atom stereocenters. The lowest BCUT2D eigenvalue weighted by Crippen LogP contribution is -2.60. The number of aliphatic hydroxyl groups is 3. The van der Waals surface area contributed by atoms with E-state index >= 15 is 0 Å². The number of aliphatic hydroxyl groups excluding tert-OH is 3. The minimum Gasteiger partial charge on any atom is -0.396 e. The van der Waals surface area contributed by atoms with Gasteiger partial charge in [-0.25, -0.2) is 0 Å². The van der Waals surface area contributed by atoms with E-state index in [2.05, 4.69) is 19.7 Å². The zero-order valence-corrected chi connectivity index (χ0v) is 14.5. The summed E-state index contributed by atoms with van der Waals surface area (Å²) in [6.45, 7) is 12.0. The largest absolute Gasteiger partial charge is 0.396 e. The quantitative estimate of drug-likeness (QED) is 0.379. The topological polar surface area (TPSA) is 112 Å². The van der Waals surface area contributed by atoms with E-state index in [4.69, 9.17) is 0 Å². The van der Waals surface area contributed by atoms with Gasteiger partial charge < -0.3 is 15.3 Å². The summed E-state index contributed by atoms with van der Waals surface area (Å²) in [6.07, 6.45) is -0.651. The summed E-state index contributed by atoms with van der Waals surface area (Å²) < 4.78 is 0. The van der Waals surface area contributed by atoms with Gasteiger partial charge in [-0.2, -0.15) is 0 Å². The number of carbonyl (C=O) groups is 3. The van der Waals surface area contributed by atoms with E-state index in [-0.39, 0.29) is 16.7 Å². The molecule has 0 spiro atoms. The molecule has 0 aromatic carbocycles. The van der Waals surface area contributed by atoms with Gasteiger partial charge in [-0.05, 0) is 37.5 Å². The van der Waals surface area contributed by atoms with Crippen LogP contribution in [0.3, 0.4) is 0 Å². The highest BCUT2D eigenvalue weighted by atomic mass is 16.3. The summed E-state index contributed by atoms with van der Waals surface area (Å²) in [4.78, 5) is 38.1. The molecule has 0 radical (unpaired) electrons. The summed E-state index contributed by atoms with van der Waals surface area (Å²) in [5.74, 6) is -2.26. The molecule has 0 aromatic rings. The molecule has 3 N–H and O–H groups in total. The Hall–Kier alpha value is -1.89. The second kappa shape index (κ2) is 8.28. The molecular formula is C18H26O6. The van der Waals surface area contributed by atoms with Gasteiger partial charge in [-0.15, -0.1) is 0 Å². The van der Waals surface area contributed by atoms with Crippen molar-refractivity contribution < 1.29 is 29.7 Å². The molecule has 0 amide bonds. The molecule has 0 rings (SSSR count). The fourth-order valence-corrected chi connectivity index (χ4v) is 2.61. The number of ketones is 3. The summed E-state index contributed by atoms with van der Waals surface area (Å²) in [5.41, 5.74) is -4.15. The Balaban J connectivity index is 6.88. The van der Waals surface area contributed by atoms with Crippen molar-refractivity contribution in [3.8, 4) is 0 Å². The van der Waals surface area contributed by atoms with Crippen LogP contribution in [0.15, 0.2) is 36.5 Å². The molecule has 0 aromatic heterocycles. The SMILES string of the molecule is C=C(C)C(=O)CC(C(=O)C(=C)C)(C(=O)C(=C)C)C(CO)(CO)CO. The summed E-state index contributed by atoms with van der Waals surface area (Å²) in [7, 11) is 0. The van der Waals surface area contributed by atoms with E-state index in [9.17, 15) is 29.7 Å². The molecule has 0 atom stereocenters. The summed E-state index contributed by atoms with van der Waals surface area (Å²) in [5, 5.41) is 29.4. The van der Waals surface area contributed by atoms with Crippen LogP contribution < -0.4 is 0 Å². The van der Waals surface area contributed by atoms with E-state index in [1.807, 2.05) is 0 Å². The third-order valence-electron chi connectivity index (χ3n) is 4.27. The molecule has 0 bridgehead atoms. The van der Waals surface area contributed by atoms with Crippen LogP contribution in [0.1, 0.15) is 27.2 Å². The van der Waals surface area contributed by atoms with E-state index in [0.717, 1.165) is 0 Å². The van der Waals surface area contributed by atoms with Gasteiger partial charge in [0.1, 0.15) is 5.41 Å². The predicted molar refractivity (Wildman–Crippen MR) is 90.2 cm³/mol. The Morgan fingerprint density at radius 1 is 0.750 bits per heavy atom. The average molecular weight is 338 g/mol. The third kappa shape index (κ3) is 3.61. The molecule has 0 fully saturated rings. The first-order chi connectivity index (χ1) is 11.0. The molecular weight excluding hydrogens is 312 g/mol. The van der Waals surface area contributed by atoms with Gasteiger partial charge in [-0.1, -0.05) is 19.7 Å². The van der Waals surface area contributed by atoms with Crippen LogP contribution in [0.4, 0.5) is 0 Å². The molecule has 0 saturated heterocycles. The fourth-order valence-electron chi connectivity index (χ4n) is 2.61. The van der Waals surface area contributed by atoms with Crippen molar-refractivity contribution in [3.05, 3.63) is 36.5 Å². The Morgan fingerprint density at radius 2 is 1.08 bits per heavy atom. The molecule has 24 heavy (non-hydrogen) atoms. The first kappa shape index (κ1) is 22.1. The highest BCUT2D eigenvalue weighted by Gasteiger charge is 2.61. The number of hydrogen-bond donors (Lipinski definition) is 3. The number of Topliss-reactive ketones (excluding diaryl/α,β-unsaturated/α-hetero) is 3. The van der Waals surface area contributed by atoms with Gasteiger partial charge in [0.15, 0.2) is 17.3 Å². The number of rotatable bonds is 11. The van der Waals surface area contributed by atoms with Gasteiger partial charge in [0.2, 0.25) is 0 Å². The molecule has 0 saturated carbocycles. The highest BCUT2D eigenvalue weighted by Crippen LogP contribution is 2.47. The second-order valence-corrected chi connectivity index (χ2v) is 6.26. The predicted octanol–water partition coefficient (Wildman–Crippen LogP) is 0.762. The van der Waals surface area contributed by atoms with Crippen LogP contribution in [-0.2, 0) is 14.4 Å². The van der Waals surface area contributed by atoms with Crippen LogP contribution in [0.25, 0.3) is 0 Å². The minimum atomic E-state index is -2.21. The van der Waals surface area contributed by atoms with Gasteiger partial charge >= 0.3 is 0 Å². The van der Waals surface area contributed by atoms with Gasteiger partial charge in [0, 0.05) is 6.42 Å². The minimum absolute atomic E-state index is 0.0427. The third-order valence-corrected chi connectivity index (χ3v) is 4.27. The van der Waals surface area contributed by atoms with E-state index in [1.165, 1.54) is 20.8 Å². The molecule has 134 valence electrons. The highest BCUT2D eigenvalue weighted by molar-refractivity contribution is 6.21. The second-order valence-electron chi connectivity index (χ2n) is 6.26. The summed E-state index contributed by atoms with van der Waals surface area (Å²) in [6, 6.07) is 0. The van der Waals surface area contributed by atoms with E-state index in [0.29, 0.717) is 0 Å². The van der Waals surface area contributed by atoms with E-state index in [1.54, 1.807) is 0 Å². The first-order valence-electron chi connectivity index (χ1n) is 7.39. The maximum Gasteiger partial charge on any atom is 0.173 e. The van der Waals surface area contributed by atoms with Crippen LogP contribution >= 0.6 is 0 Å². The monoisotopic (exact) mass is 338 g/mol. The lowest BCUT2D eigenvalue weighted by molar-refractivity contribution is -0.162. The van der Waals surface area contributed by atoms with Gasteiger partial charge in [0.05, 0.1) is 25.2 Å². The Labute approximate surface area is 142 Å². The fraction of sp³-hybridized carbons (Fsp3) is 0.500. The van der Waals surface area contributed by atoms with Crippen LogP contribution in [0, 0.1) is 10.8 Å². The zero-order valence-electron chi connectivity index (χ0n) is 14.5.